The summed E-state index contributed by atoms with van der Waals surface area (Å²) in [6.07, 6.45) is 1.66. The lowest BCUT2D eigenvalue weighted by Gasteiger charge is -2.18. The van der Waals surface area contributed by atoms with Crippen molar-refractivity contribution in [1.82, 2.24) is 4.57 Å². The van der Waals surface area contributed by atoms with Crippen LogP contribution in [0.5, 0.6) is 5.75 Å². The molecule has 1 aromatic heterocycles. The number of fused-ring (bicyclic) bond motifs is 1. The Bertz CT molecular complexity index is 930. The number of rotatable bonds is 5. The number of nitro benzene ring substituents is 1. The second-order valence-corrected chi connectivity index (χ2v) is 5.39. The van der Waals surface area contributed by atoms with Crippen LogP contribution in [0, 0.1) is 10.1 Å². The van der Waals surface area contributed by atoms with Crippen LogP contribution in [0.3, 0.4) is 0 Å². The average molecular weight is 340 g/mol. The number of carbonyl (C=O) groups excluding carboxylic acids is 1. The number of hydrogen-bond donors (Lipinski definition) is 0. The summed E-state index contributed by atoms with van der Waals surface area (Å²) in [5.41, 5.74) is 1.27. The molecular formula is C18H16N2O5. The Kier molecular flexibility index (Phi) is 4.38. The maximum atomic E-state index is 12.4. The van der Waals surface area contributed by atoms with Crippen molar-refractivity contribution in [2.75, 3.05) is 14.2 Å². The van der Waals surface area contributed by atoms with E-state index in [0.717, 1.165) is 0 Å². The number of nitrogens with zero attached hydrogens (tertiary/aromatic N) is 2. The van der Waals surface area contributed by atoms with Crippen LogP contribution in [0.2, 0.25) is 0 Å². The van der Waals surface area contributed by atoms with Crippen LogP contribution < -0.4 is 4.74 Å². The highest BCUT2D eigenvalue weighted by atomic mass is 16.6. The smallest absolute Gasteiger partial charge is 0.333 e. The quantitative estimate of drug-likeness (QED) is 0.404. The summed E-state index contributed by atoms with van der Waals surface area (Å²) < 4.78 is 11.8. The van der Waals surface area contributed by atoms with Gasteiger partial charge in [0.25, 0.3) is 5.69 Å². The van der Waals surface area contributed by atoms with Crippen molar-refractivity contribution < 1.29 is 19.2 Å². The second-order valence-electron chi connectivity index (χ2n) is 5.39. The van der Waals surface area contributed by atoms with E-state index < -0.39 is 16.9 Å². The fraction of sp³-hybridized carbons (Fsp3) is 0.167. The van der Waals surface area contributed by atoms with Crippen molar-refractivity contribution in [3.63, 3.8) is 0 Å². The molecule has 1 atom stereocenters. The molecule has 0 saturated heterocycles. The fourth-order valence-corrected chi connectivity index (χ4v) is 2.86. The lowest BCUT2D eigenvalue weighted by molar-refractivity contribution is -0.383. The third-order valence-corrected chi connectivity index (χ3v) is 4.07. The Morgan fingerprint density at radius 1 is 1.12 bits per heavy atom. The first kappa shape index (κ1) is 16.5. The molecule has 0 fully saturated rings. The highest BCUT2D eigenvalue weighted by Crippen LogP contribution is 2.31. The van der Waals surface area contributed by atoms with Gasteiger partial charge in [-0.25, -0.2) is 4.79 Å². The first-order chi connectivity index (χ1) is 12.1. The lowest BCUT2D eigenvalue weighted by Crippen LogP contribution is -2.21. The highest BCUT2D eigenvalue weighted by molar-refractivity contribution is 5.91. The highest BCUT2D eigenvalue weighted by Gasteiger charge is 2.26. The molecule has 3 aromatic rings. The standard InChI is InChI=1S/C18H16N2O5/c1-24-13-8-6-12(7-9-13)17(18(21)25-2)19-11-10-14-15(19)4-3-5-16(14)20(22)23/h3-11,17H,1-2H3. The van der Waals surface area contributed by atoms with Gasteiger partial charge in [-0.2, -0.15) is 0 Å². The van der Waals surface area contributed by atoms with Crippen molar-refractivity contribution in [2.45, 2.75) is 6.04 Å². The Balaban J connectivity index is 2.17. The summed E-state index contributed by atoms with van der Waals surface area (Å²) in [4.78, 5) is 23.2. The van der Waals surface area contributed by atoms with Gasteiger partial charge >= 0.3 is 5.97 Å². The van der Waals surface area contributed by atoms with E-state index in [2.05, 4.69) is 0 Å². The van der Waals surface area contributed by atoms with Gasteiger partial charge in [0, 0.05) is 12.3 Å². The van der Waals surface area contributed by atoms with E-state index in [4.69, 9.17) is 9.47 Å². The zero-order valence-electron chi connectivity index (χ0n) is 13.7. The predicted molar refractivity (Wildman–Crippen MR) is 91.7 cm³/mol. The maximum absolute atomic E-state index is 12.4. The van der Waals surface area contributed by atoms with E-state index in [-0.39, 0.29) is 5.69 Å². The van der Waals surface area contributed by atoms with Crippen molar-refractivity contribution in [3.05, 3.63) is 70.4 Å². The third-order valence-electron chi connectivity index (χ3n) is 4.07. The van der Waals surface area contributed by atoms with Crippen LogP contribution in [0.15, 0.2) is 54.7 Å². The number of nitro groups is 1. The average Bonchev–Trinajstić information content (AvgIpc) is 3.06. The molecule has 0 saturated carbocycles. The summed E-state index contributed by atoms with van der Waals surface area (Å²) in [7, 11) is 2.87. The summed E-state index contributed by atoms with van der Waals surface area (Å²) in [5.74, 6) is 0.203. The minimum atomic E-state index is -0.754. The minimum Gasteiger partial charge on any atom is -0.497 e. The minimum absolute atomic E-state index is 0.00500. The molecule has 128 valence electrons. The normalized spacial score (nSPS) is 11.9. The summed E-state index contributed by atoms with van der Waals surface area (Å²) in [6, 6.07) is 12.7. The second kappa shape index (κ2) is 6.64. The lowest BCUT2D eigenvalue weighted by atomic mass is 10.1. The molecule has 1 unspecified atom stereocenters. The van der Waals surface area contributed by atoms with Gasteiger partial charge < -0.3 is 14.0 Å². The molecule has 0 spiro atoms. The number of carbonyl (C=O) groups is 1. The number of ether oxygens (including phenoxy) is 2. The fourth-order valence-electron chi connectivity index (χ4n) is 2.86. The molecule has 0 bridgehead atoms. The van der Waals surface area contributed by atoms with Crippen LogP contribution >= 0.6 is 0 Å². The number of hydrogen-bond acceptors (Lipinski definition) is 5. The van der Waals surface area contributed by atoms with Crippen LogP contribution in [-0.4, -0.2) is 29.7 Å². The molecule has 0 aliphatic rings. The first-order valence-corrected chi connectivity index (χ1v) is 7.52. The first-order valence-electron chi connectivity index (χ1n) is 7.52. The molecule has 25 heavy (non-hydrogen) atoms. The van der Waals surface area contributed by atoms with Gasteiger partial charge in [-0.1, -0.05) is 18.2 Å². The number of non-ortho nitro benzene ring substituents is 1. The maximum Gasteiger partial charge on any atom is 0.333 e. The van der Waals surface area contributed by atoms with Crippen molar-refractivity contribution in [3.8, 4) is 5.75 Å². The van der Waals surface area contributed by atoms with E-state index in [1.54, 1.807) is 60.3 Å². The number of methoxy groups -OCH3 is 2. The molecular weight excluding hydrogens is 324 g/mol. The van der Waals surface area contributed by atoms with Crippen molar-refractivity contribution in [1.29, 1.82) is 0 Å². The predicted octanol–water partition coefficient (Wildman–Crippen LogP) is 3.32. The largest absolute Gasteiger partial charge is 0.497 e. The molecule has 7 nitrogen and oxygen atoms in total. The molecule has 2 aromatic carbocycles. The van der Waals surface area contributed by atoms with Crippen molar-refractivity contribution >= 4 is 22.6 Å². The molecule has 3 rings (SSSR count). The molecule has 7 heteroatoms. The van der Waals surface area contributed by atoms with Gasteiger partial charge in [0.2, 0.25) is 0 Å². The monoisotopic (exact) mass is 340 g/mol. The van der Waals surface area contributed by atoms with Crippen molar-refractivity contribution in [2.24, 2.45) is 0 Å². The van der Waals surface area contributed by atoms with Crippen LogP contribution in [0.4, 0.5) is 5.69 Å². The Hall–Kier alpha value is -3.35. The third kappa shape index (κ3) is 2.91. The molecule has 0 aliphatic carbocycles. The van der Waals surface area contributed by atoms with Gasteiger partial charge in [0.15, 0.2) is 6.04 Å². The summed E-state index contributed by atoms with van der Waals surface area (Å²) >= 11 is 0. The van der Waals surface area contributed by atoms with Gasteiger partial charge in [0.05, 0.1) is 30.0 Å². The van der Waals surface area contributed by atoms with Crippen LogP contribution in [0.1, 0.15) is 11.6 Å². The van der Waals surface area contributed by atoms with E-state index in [1.807, 2.05) is 0 Å². The van der Waals surface area contributed by atoms with Gasteiger partial charge in [-0.05, 0) is 29.8 Å². The molecule has 1 heterocycles. The number of benzene rings is 2. The Morgan fingerprint density at radius 2 is 1.84 bits per heavy atom. The molecule has 0 amide bonds. The Labute approximate surface area is 143 Å². The van der Waals surface area contributed by atoms with Gasteiger partial charge in [0.1, 0.15) is 5.75 Å². The molecule has 0 aliphatic heterocycles. The Morgan fingerprint density at radius 3 is 2.44 bits per heavy atom. The zero-order chi connectivity index (χ0) is 18.0. The summed E-state index contributed by atoms with van der Waals surface area (Å²) in [6.45, 7) is 0. The van der Waals surface area contributed by atoms with Gasteiger partial charge in [-0.15, -0.1) is 0 Å². The van der Waals surface area contributed by atoms with Gasteiger partial charge in [-0.3, -0.25) is 10.1 Å². The van der Waals surface area contributed by atoms with E-state index in [0.29, 0.717) is 22.2 Å². The molecule has 0 N–H and O–H groups in total. The SMILES string of the molecule is COC(=O)C(c1ccc(OC)cc1)n1ccc2c([N+](=O)[O-])cccc21. The van der Waals surface area contributed by atoms with E-state index >= 15 is 0 Å². The summed E-state index contributed by atoms with van der Waals surface area (Å²) in [5, 5.41) is 11.7. The molecule has 0 radical (unpaired) electrons. The van der Waals surface area contributed by atoms with Crippen LogP contribution in [-0.2, 0) is 9.53 Å². The number of aromatic nitrogens is 1. The van der Waals surface area contributed by atoms with E-state index in [9.17, 15) is 14.9 Å². The zero-order valence-corrected chi connectivity index (χ0v) is 13.7. The van der Waals surface area contributed by atoms with Crippen LogP contribution in [0.25, 0.3) is 10.9 Å². The number of esters is 1. The van der Waals surface area contributed by atoms with E-state index in [1.165, 1.54) is 13.2 Å². The topological polar surface area (TPSA) is 83.6 Å².